The summed E-state index contributed by atoms with van der Waals surface area (Å²) in [6.45, 7) is 6.82. The largest absolute Gasteiger partial charge is 0.756 e. The van der Waals surface area contributed by atoms with Crippen LogP contribution in [0.25, 0.3) is 0 Å². The predicted octanol–water partition coefficient (Wildman–Crippen LogP) is 20.4. The van der Waals surface area contributed by atoms with E-state index in [4.69, 9.17) is 13.8 Å². The van der Waals surface area contributed by atoms with E-state index >= 15 is 0 Å². The van der Waals surface area contributed by atoms with Gasteiger partial charge >= 0.3 is 5.97 Å². The van der Waals surface area contributed by atoms with Crippen molar-refractivity contribution in [3.05, 3.63) is 60.8 Å². The summed E-state index contributed by atoms with van der Waals surface area (Å²) >= 11 is 0. The van der Waals surface area contributed by atoms with Gasteiger partial charge in [-0.05, 0) is 96.0 Å². The Morgan fingerprint density at radius 2 is 0.772 bits per heavy atom. The third kappa shape index (κ3) is 60.1. The van der Waals surface area contributed by atoms with Gasteiger partial charge in [0.1, 0.15) is 19.3 Å². The highest BCUT2D eigenvalue weighted by atomic mass is 31.2. The summed E-state index contributed by atoms with van der Waals surface area (Å²) < 4.78 is 30.4. The van der Waals surface area contributed by atoms with Crippen LogP contribution in [-0.4, -0.2) is 69.4 Å². The van der Waals surface area contributed by atoms with Crippen molar-refractivity contribution in [3.8, 4) is 0 Å². The number of carbonyl (C=O) groups excluding carboxylic acids is 2. The molecule has 0 fully saturated rings. The van der Waals surface area contributed by atoms with Gasteiger partial charge in [0.05, 0.1) is 33.8 Å². The number of hydrogen-bond acceptors (Lipinski definition) is 7. The van der Waals surface area contributed by atoms with Crippen molar-refractivity contribution in [1.29, 1.82) is 0 Å². The highest BCUT2D eigenvalue weighted by Gasteiger charge is 2.27. The number of likely N-dealkylation sites (N-methyl/N-ethyl adjacent to an activating group) is 1. The van der Waals surface area contributed by atoms with Crippen LogP contribution in [-0.2, 0) is 27.9 Å². The van der Waals surface area contributed by atoms with Gasteiger partial charge in [0.15, 0.2) is 0 Å². The molecule has 3 atom stereocenters. The van der Waals surface area contributed by atoms with E-state index < -0.39 is 20.0 Å². The van der Waals surface area contributed by atoms with Crippen molar-refractivity contribution in [2.24, 2.45) is 0 Å². The number of nitrogens with zero attached hydrogens (tertiary/aromatic N) is 1. The summed E-state index contributed by atoms with van der Waals surface area (Å²) in [6, 6.07) is -0.892. The monoisotopic (exact) mass is 1130 g/mol. The summed E-state index contributed by atoms with van der Waals surface area (Å²) in [5.41, 5.74) is 0. The molecular weight excluding hydrogens is 1000 g/mol. The molecule has 1 N–H and O–H groups in total. The molecule has 0 bridgehead atoms. The van der Waals surface area contributed by atoms with E-state index in [-0.39, 0.29) is 31.5 Å². The quantitative estimate of drug-likeness (QED) is 0.0212. The maximum absolute atomic E-state index is 13.6. The lowest BCUT2D eigenvalue weighted by atomic mass is 10.0. The Hall–Kier alpha value is -2.29. The maximum Gasteiger partial charge on any atom is 0.306 e. The number of ether oxygens (including phenoxy) is 1. The molecule has 0 aromatic heterocycles. The molecule has 3 unspecified atom stereocenters. The average molecular weight is 1130 g/mol. The third-order valence-corrected chi connectivity index (χ3v) is 15.9. The molecule has 9 nitrogen and oxygen atoms in total. The first-order valence-corrected chi connectivity index (χ1v) is 35.1. The number of carbonyl (C=O) groups is 2. The number of phosphoric acid groups is 1. The molecule has 0 rings (SSSR count). The summed E-state index contributed by atoms with van der Waals surface area (Å²) in [5, 5.41) is 3.04. The second kappa shape index (κ2) is 58.9. The second-order valence-corrected chi connectivity index (χ2v) is 25.4. The van der Waals surface area contributed by atoms with Crippen molar-refractivity contribution in [3.63, 3.8) is 0 Å². The number of nitrogens with one attached hydrogen (secondary N) is 1. The zero-order valence-electron chi connectivity index (χ0n) is 52.8. The van der Waals surface area contributed by atoms with E-state index in [9.17, 15) is 19.0 Å². The van der Waals surface area contributed by atoms with Crippen LogP contribution in [0.15, 0.2) is 60.8 Å². The molecule has 0 aliphatic carbocycles. The Bertz CT molecular complexity index is 1540. The van der Waals surface area contributed by atoms with Crippen LogP contribution in [0.2, 0.25) is 0 Å². The van der Waals surface area contributed by atoms with Gasteiger partial charge in [-0.3, -0.25) is 14.2 Å². The molecule has 0 aromatic carbocycles. The zero-order chi connectivity index (χ0) is 57.9. The van der Waals surface area contributed by atoms with Crippen LogP contribution in [0.5, 0.6) is 0 Å². The lowest BCUT2D eigenvalue weighted by molar-refractivity contribution is -0.870. The molecule has 0 saturated carbocycles. The molecule has 0 radical (unpaired) electrons. The summed E-state index contributed by atoms with van der Waals surface area (Å²) in [6.07, 6.45) is 74.7. The van der Waals surface area contributed by atoms with Gasteiger partial charge in [0, 0.05) is 12.8 Å². The Morgan fingerprint density at radius 1 is 0.443 bits per heavy atom. The smallest absolute Gasteiger partial charge is 0.306 e. The summed E-state index contributed by atoms with van der Waals surface area (Å²) in [7, 11) is 1.19. The van der Waals surface area contributed by atoms with Gasteiger partial charge < -0.3 is 28.5 Å². The van der Waals surface area contributed by atoms with E-state index in [1.807, 2.05) is 33.3 Å². The molecule has 0 aliphatic rings. The average Bonchev–Trinajstić information content (AvgIpc) is 3.41. The normalized spacial score (nSPS) is 14.0. The molecular formula is C69H129N2O7P. The van der Waals surface area contributed by atoms with E-state index in [1.165, 1.54) is 205 Å². The van der Waals surface area contributed by atoms with Crippen LogP contribution in [0, 0.1) is 0 Å². The molecule has 0 aromatic rings. The number of amides is 1. The van der Waals surface area contributed by atoms with Crippen molar-refractivity contribution < 1.29 is 37.3 Å². The van der Waals surface area contributed by atoms with E-state index in [0.717, 1.165) is 77.0 Å². The van der Waals surface area contributed by atoms with E-state index in [1.54, 1.807) is 0 Å². The fourth-order valence-corrected chi connectivity index (χ4v) is 10.4. The summed E-state index contributed by atoms with van der Waals surface area (Å²) in [5.74, 6) is -0.538. The van der Waals surface area contributed by atoms with Crippen LogP contribution in [0.4, 0.5) is 0 Å². The van der Waals surface area contributed by atoms with Crippen LogP contribution in [0.1, 0.15) is 316 Å². The minimum atomic E-state index is -4.70. The topological polar surface area (TPSA) is 114 Å². The molecule has 0 heterocycles. The molecule has 10 heteroatoms. The minimum absolute atomic E-state index is 0.0237. The van der Waals surface area contributed by atoms with Crippen molar-refractivity contribution in [2.75, 3.05) is 40.9 Å². The number of allylic oxidation sites excluding steroid dienone is 9. The first-order valence-electron chi connectivity index (χ1n) is 33.6. The first kappa shape index (κ1) is 76.7. The Kier molecular flexibility index (Phi) is 57.2. The Morgan fingerprint density at radius 3 is 1.16 bits per heavy atom. The fourth-order valence-electron chi connectivity index (χ4n) is 9.70. The molecule has 0 saturated heterocycles. The van der Waals surface area contributed by atoms with Crippen molar-refractivity contribution in [2.45, 2.75) is 328 Å². The fraction of sp³-hybridized carbons (Fsp3) is 0.826. The zero-order valence-corrected chi connectivity index (χ0v) is 53.7. The summed E-state index contributed by atoms with van der Waals surface area (Å²) in [4.78, 5) is 40.1. The van der Waals surface area contributed by atoms with Crippen LogP contribution < -0.4 is 10.2 Å². The van der Waals surface area contributed by atoms with Gasteiger partial charge in [-0.25, -0.2) is 0 Å². The highest BCUT2D eigenvalue weighted by Crippen LogP contribution is 2.38. The Balaban J connectivity index is 5.19. The van der Waals surface area contributed by atoms with Crippen LogP contribution in [0.3, 0.4) is 0 Å². The second-order valence-electron chi connectivity index (χ2n) is 24.0. The van der Waals surface area contributed by atoms with Gasteiger partial charge in [0.25, 0.3) is 7.82 Å². The number of hydrogen-bond donors (Lipinski definition) is 1. The minimum Gasteiger partial charge on any atom is -0.756 e. The van der Waals surface area contributed by atoms with Gasteiger partial charge in [-0.2, -0.15) is 0 Å². The molecule has 462 valence electrons. The lowest BCUT2D eigenvalue weighted by Gasteiger charge is -2.30. The predicted molar refractivity (Wildman–Crippen MR) is 339 cm³/mol. The van der Waals surface area contributed by atoms with Crippen molar-refractivity contribution >= 4 is 19.7 Å². The number of quaternary nitrogens is 1. The number of unbranched alkanes of at least 4 members (excludes halogenated alkanes) is 37. The number of rotatable bonds is 61. The first-order chi connectivity index (χ1) is 38.4. The Labute approximate surface area is 490 Å². The molecule has 79 heavy (non-hydrogen) atoms. The highest BCUT2D eigenvalue weighted by molar-refractivity contribution is 7.45. The maximum atomic E-state index is 13.6. The van der Waals surface area contributed by atoms with Gasteiger partial charge in [0.2, 0.25) is 5.91 Å². The molecule has 0 spiro atoms. The van der Waals surface area contributed by atoms with E-state index in [2.05, 4.69) is 74.7 Å². The standard InChI is InChI=1S/C69H129N2O7P/c1-7-10-13-16-19-22-25-28-30-32-34-35-37-38-40-43-46-49-52-55-58-61-68(72)70-66(65-77-79(74,75)76-64-63-71(4,5)6)67(60-57-54-51-48-45-42-27-24-21-18-15-12-9-3)78-69(73)62-59-56-53-50-47-44-41-39-36-33-31-29-26-23-20-17-14-11-8-2/h19-20,22-23,28-31,57,60,66-67H,7-18,21,24-27,32-56,58-59,61-65H2,1-6H3,(H-,70,72,74,75)/b22-19-,23-20-,30-28-,31-29-,60-57+. The van der Waals surface area contributed by atoms with Crippen LogP contribution >= 0.6 is 7.82 Å². The number of phosphoric ester groups is 1. The third-order valence-electron chi connectivity index (χ3n) is 14.9. The van der Waals surface area contributed by atoms with E-state index in [0.29, 0.717) is 17.4 Å². The molecule has 0 aliphatic heterocycles. The number of esters is 1. The molecule has 1 amide bonds. The van der Waals surface area contributed by atoms with Gasteiger partial charge in [-0.1, -0.05) is 268 Å². The SMILES string of the molecule is CCCCC/C=C\C/C=C\CCCCCCCCCCCCCC(=O)NC(COP(=O)([O-])OCC[N+](C)(C)C)C(/C=C/CCCCCCCCCCCCC)OC(=O)CCCCCCCCCCC/C=C\C/C=C\CCCCC. The van der Waals surface area contributed by atoms with Crippen molar-refractivity contribution in [1.82, 2.24) is 5.32 Å². The van der Waals surface area contributed by atoms with Gasteiger partial charge in [-0.15, -0.1) is 0 Å². The lowest BCUT2D eigenvalue weighted by Crippen LogP contribution is -2.47.